The summed E-state index contributed by atoms with van der Waals surface area (Å²) in [5.41, 5.74) is 1.34. The van der Waals surface area contributed by atoms with Crippen LogP contribution in [0, 0.1) is 5.82 Å². The zero-order valence-electron chi connectivity index (χ0n) is 16.7. The Balaban J connectivity index is 1.57. The van der Waals surface area contributed by atoms with Crippen LogP contribution in [0.1, 0.15) is 18.1 Å². The van der Waals surface area contributed by atoms with Gasteiger partial charge in [0, 0.05) is 42.0 Å². The normalized spacial score (nSPS) is 10.6. The Morgan fingerprint density at radius 3 is 2.53 bits per heavy atom. The highest BCUT2D eigenvalue weighted by atomic mass is 35.5. The molecule has 0 atom stereocenters. The largest absolute Gasteiger partial charge is 0.490 e. The van der Waals surface area contributed by atoms with Crippen molar-refractivity contribution in [2.45, 2.75) is 20.1 Å². The van der Waals surface area contributed by atoms with Gasteiger partial charge in [0.2, 0.25) is 5.88 Å². The highest BCUT2D eigenvalue weighted by molar-refractivity contribution is 6.31. The number of rotatable bonds is 11. The number of ether oxygens (including phenoxy) is 3. The minimum Gasteiger partial charge on any atom is -0.490 e. The van der Waals surface area contributed by atoms with Crippen molar-refractivity contribution in [3.63, 3.8) is 0 Å². The van der Waals surface area contributed by atoms with Crippen LogP contribution in [0.3, 0.4) is 0 Å². The molecule has 0 saturated carbocycles. The van der Waals surface area contributed by atoms with E-state index in [9.17, 15) is 4.39 Å². The van der Waals surface area contributed by atoms with E-state index in [1.807, 2.05) is 31.2 Å². The molecule has 1 N–H and O–H groups in total. The van der Waals surface area contributed by atoms with Gasteiger partial charge < -0.3 is 19.5 Å². The molecule has 0 unspecified atom stereocenters. The van der Waals surface area contributed by atoms with Crippen LogP contribution in [0.2, 0.25) is 5.02 Å². The third-order valence-electron chi connectivity index (χ3n) is 4.24. The monoisotopic (exact) mass is 430 g/mol. The Bertz CT molecular complexity index is 941. The number of aromatic nitrogens is 1. The first kappa shape index (κ1) is 21.9. The molecule has 0 aliphatic heterocycles. The molecule has 0 radical (unpaired) electrons. The van der Waals surface area contributed by atoms with Crippen LogP contribution in [0.5, 0.6) is 17.4 Å². The lowest BCUT2D eigenvalue weighted by molar-refractivity contribution is 0.265. The minimum absolute atomic E-state index is 0.0888. The highest BCUT2D eigenvalue weighted by Gasteiger charge is 2.12. The van der Waals surface area contributed by atoms with Crippen molar-refractivity contribution in [3.8, 4) is 17.4 Å². The third-order valence-corrected chi connectivity index (χ3v) is 4.59. The van der Waals surface area contributed by atoms with Crippen molar-refractivity contribution in [1.29, 1.82) is 0 Å². The molecule has 0 aliphatic carbocycles. The molecule has 0 amide bonds. The summed E-state index contributed by atoms with van der Waals surface area (Å²) >= 11 is 6.43. The van der Waals surface area contributed by atoms with Gasteiger partial charge in [0.05, 0.1) is 6.61 Å². The van der Waals surface area contributed by atoms with Gasteiger partial charge in [0.1, 0.15) is 19.0 Å². The van der Waals surface area contributed by atoms with E-state index in [1.54, 1.807) is 30.5 Å². The maximum Gasteiger partial charge on any atom is 0.213 e. The van der Waals surface area contributed by atoms with E-state index in [0.29, 0.717) is 54.3 Å². The Morgan fingerprint density at radius 2 is 1.77 bits per heavy atom. The molecule has 1 heterocycles. The maximum absolute atomic E-state index is 13.8. The number of hydrogen-bond donors (Lipinski definition) is 1. The molecule has 3 rings (SSSR count). The molecule has 30 heavy (non-hydrogen) atoms. The second kappa shape index (κ2) is 11.4. The summed E-state index contributed by atoms with van der Waals surface area (Å²) < 4.78 is 30.9. The minimum atomic E-state index is -0.310. The van der Waals surface area contributed by atoms with Gasteiger partial charge >= 0.3 is 0 Å². The highest BCUT2D eigenvalue weighted by Crippen LogP contribution is 2.34. The Kier molecular flexibility index (Phi) is 8.30. The number of halogens is 2. The fraction of sp³-hybridized carbons (Fsp3) is 0.261. The summed E-state index contributed by atoms with van der Waals surface area (Å²) in [4.78, 5) is 4.11. The molecular formula is C23H24ClFN2O3. The second-order valence-electron chi connectivity index (χ2n) is 6.40. The molecule has 0 fully saturated rings. The molecule has 0 spiro atoms. The van der Waals surface area contributed by atoms with E-state index in [2.05, 4.69) is 10.3 Å². The SMILES string of the molecule is CCOc1cc(CNCCOc2ccccn2)c(Cl)cc1OCc1ccccc1F. The molecule has 0 saturated heterocycles. The molecule has 3 aromatic rings. The van der Waals surface area contributed by atoms with Crippen LogP contribution in [0.25, 0.3) is 0 Å². The summed E-state index contributed by atoms with van der Waals surface area (Å²) in [5.74, 6) is 1.33. The number of nitrogens with zero attached hydrogens (tertiary/aromatic N) is 1. The van der Waals surface area contributed by atoms with Crippen LogP contribution in [0.15, 0.2) is 60.8 Å². The summed E-state index contributed by atoms with van der Waals surface area (Å²) in [6.07, 6.45) is 1.69. The van der Waals surface area contributed by atoms with E-state index >= 15 is 0 Å². The van der Waals surface area contributed by atoms with Gasteiger partial charge in [-0.1, -0.05) is 35.9 Å². The van der Waals surface area contributed by atoms with Crippen molar-refractivity contribution >= 4 is 11.6 Å². The lowest BCUT2D eigenvalue weighted by Gasteiger charge is -2.15. The van der Waals surface area contributed by atoms with Crippen molar-refractivity contribution in [3.05, 3.63) is 82.8 Å². The first-order valence-electron chi connectivity index (χ1n) is 9.73. The van der Waals surface area contributed by atoms with Crippen molar-refractivity contribution in [2.24, 2.45) is 0 Å². The number of nitrogens with one attached hydrogen (secondary N) is 1. The molecule has 7 heteroatoms. The van der Waals surface area contributed by atoms with Gasteiger partial charge in [-0.3, -0.25) is 0 Å². The van der Waals surface area contributed by atoms with Gasteiger partial charge in [-0.05, 0) is 30.7 Å². The van der Waals surface area contributed by atoms with Crippen molar-refractivity contribution < 1.29 is 18.6 Å². The molecule has 0 bridgehead atoms. The molecule has 2 aromatic carbocycles. The Morgan fingerprint density at radius 1 is 0.967 bits per heavy atom. The molecule has 158 valence electrons. The number of pyridine rings is 1. The topological polar surface area (TPSA) is 52.6 Å². The van der Waals surface area contributed by atoms with Gasteiger partial charge in [0.15, 0.2) is 11.5 Å². The van der Waals surface area contributed by atoms with Crippen LogP contribution in [-0.2, 0) is 13.2 Å². The van der Waals surface area contributed by atoms with Gasteiger partial charge in [-0.2, -0.15) is 0 Å². The van der Waals surface area contributed by atoms with Crippen LogP contribution >= 0.6 is 11.6 Å². The fourth-order valence-electron chi connectivity index (χ4n) is 2.75. The zero-order chi connectivity index (χ0) is 21.2. The van der Waals surface area contributed by atoms with Crippen molar-refractivity contribution in [2.75, 3.05) is 19.8 Å². The molecular weight excluding hydrogens is 407 g/mol. The average Bonchev–Trinajstić information content (AvgIpc) is 2.76. The molecule has 5 nitrogen and oxygen atoms in total. The summed E-state index contributed by atoms with van der Waals surface area (Å²) in [6.45, 7) is 4.10. The smallest absolute Gasteiger partial charge is 0.213 e. The van der Waals surface area contributed by atoms with E-state index < -0.39 is 0 Å². The van der Waals surface area contributed by atoms with Crippen LogP contribution in [0.4, 0.5) is 4.39 Å². The molecule has 1 aromatic heterocycles. The van der Waals surface area contributed by atoms with E-state index in [4.69, 9.17) is 25.8 Å². The van der Waals surface area contributed by atoms with Gasteiger partial charge in [-0.25, -0.2) is 9.37 Å². The predicted molar refractivity (Wildman–Crippen MR) is 115 cm³/mol. The average molecular weight is 431 g/mol. The lowest BCUT2D eigenvalue weighted by Crippen LogP contribution is -2.21. The summed E-state index contributed by atoms with van der Waals surface area (Å²) in [6, 6.07) is 15.6. The number of benzene rings is 2. The van der Waals surface area contributed by atoms with Crippen LogP contribution in [-0.4, -0.2) is 24.7 Å². The van der Waals surface area contributed by atoms with E-state index in [0.717, 1.165) is 5.56 Å². The second-order valence-corrected chi connectivity index (χ2v) is 6.80. The summed E-state index contributed by atoms with van der Waals surface area (Å²) in [5, 5.41) is 3.83. The number of hydrogen-bond acceptors (Lipinski definition) is 5. The molecule has 0 aliphatic rings. The predicted octanol–water partition coefficient (Wildman–Crippen LogP) is 5.02. The summed E-state index contributed by atoms with van der Waals surface area (Å²) in [7, 11) is 0. The van der Waals surface area contributed by atoms with Gasteiger partial charge in [-0.15, -0.1) is 0 Å². The quantitative estimate of drug-likeness (QED) is 0.433. The Labute approximate surface area is 180 Å². The van der Waals surface area contributed by atoms with E-state index in [1.165, 1.54) is 6.07 Å². The first-order valence-corrected chi connectivity index (χ1v) is 10.1. The Hall–Kier alpha value is -2.83. The fourth-order valence-corrected chi connectivity index (χ4v) is 2.97. The first-order chi connectivity index (χ1) is 14.7. The van der Waals surface area contributed by atoms with E-state index in [-0.39, 0.29) is 12.4 Å². The third kappa shape index (κ3) is 6.34. The maximum atomic E-state index is 13.8. The standard InChI is InChI=1S/C23H24ClFN2O3/c1-2-28-21-13-18(15-26-11-12-29-23-9-5-6-10-27-23)19(24)14-22(21)30-16-17-7-3-4-8-20(17)25/h3-10,13-14,26H,2,11-12,15-16H2,1H3. The van der Waals surface area contributed by atoms with Crippen LogP contribution < -0.4 is 19.5 Å². The lowest BCUT2D eigenvalue weighted by atomic mass is 10.2. The van der Waals surface area contributed by atoms with Crippen molar-refractivity contribution in [1.82, 2.24) is 10.3 Å². The zero-order valence-corrected chi connectivity index (χ0v) is 17.5. The van der Waals surface area contributed by atoms with Gasteiger partial charge in [0.25, 0.3) is 0 Å².